The number of carbonyl (C=O) groups is 1. The van der Waals surface area contributed by atoms with Gasteiger partial charge in [0.1, 0.15) is 16.7 Å². The van der Waals surface area contributed by atoms with Crippen molar-refractivity contribution in [3.63, 3.8) is 0 Å². The van der Waals surface area contributed by atoms with E-state index in [0.717, 1.165) is 0 Å². The minimum absolute atomic E-state index is 0.0338. The van der Waals surface area contributed by atoms with Gasteiger partial charge < -0.3 is 10.1 Å². The highest BCUT2D eigenvalue weighted by molar-refractivity contribution is 6.32. The highest BCUT2D eigenvalue weighted by Crippen LogP contribution is 2.17. The number of hydrogen-bond acceptors (Lipinski definition) is 4. The Balaban J connectivity index is 2.20. The van der Waals surface area contributed by atoms with Gasteiger partial charge in [0.05, 0.1) is 7.11 Å². The summed E-state index contributed by atoms with van der Waals surface area (Å²) in [5.41, 5.74) is 0.435. The zero-order chi connectivity index (χ0) is 13.8. The fourth-order valence-corrected chi connectivity index (χ4v) is 1.82. The number of benzene rings is 1. The summed E-state index contributed by atoms with van der Waals surface area (Å²) in [5.74, 6) is 0.481. The van der Waals surface area contributed by atoms with Crippen LogP contribution >= 0.6 is 23.2 Å². The van der Waals surface area contributed by atoms with Gasteiger partial charge in [-0.15, -0.1) is 0 Å². The van der Waals surface area contributed by atoms with Crippen LogP contribution in [0.2, 0.25) is 10.4 Å². The van der Waals surface area contributed by atoms with Crippen molar-refractivity contribution in [1.29, 1.82) is 0 Å². The number of aromatic nitrogens is 2. The van der Waals surface area contributed by atoms with Crippen LogP contribution < -0.4 is 10.1 Å². The Labute approximate surface area is 119 Å². The lowest BCUT2D eigenvalue weighted by molar-refractivity contribution is 0.102. The zero-order valence-electron chi connectivity index (χ0n) is 9.85. The minimum Gasteiger partial charge on any atom is -0.497 e. The first-order valence-electron chi connectivity index (χ1n) is 5.24. The molecule has 98 valence electrons. The van der Waals surface area contributed by atoms with Gasteiger partial charge in [-0.25, -0.2) is 9.97 Å². The quantitative estimate of drug-likeness (QED) is 0.698. The average molecular weight is 298 g/mol. The number of methoxy groups -OCH3 is 1. The van der Waals surface area contributed by atoms with E-state index in [1.807, 2.05) is 0 Å². The molecule has 0 aliphatic rings. The molecule has 1 heterocycles. The first kappa shape index (κ1) is 13.6. The SMILES string of the molecule is COc1cccc(C(=O)Nc2cc(Cl)nc(Cl)n2)c1. The van der Waals surface area contributed by atoms with E-state index in [1.165, 1.54) is 13.2 Å². The van der Waals surface area contributed by atoms with Gasteiger partial charge in [-0.3, -0.25) is 4.79 Å². The van der Waals surface area contributed by atoms with E-state index in [2.05, 4.69) is 15.3 Å². The lowest BCUT2D eigenvalue weighted by Crippen LogP contribution is -2.13. The molecule has 5 nitrogen and oxygen atoms in total. The van der Waals surface area contributed by atoms with Crippen LogP contribution in [0.3, 0.4) is 0 Å². The van der Waals surface area contributed by atoms with Crippen LogP contribution in [-0.2, 0) is 0 Å². The third kappa shape index (κ3) is 3.56. The van der Waals surface area contributed by atoms with Gasteiger partial charge in [0.2, 0.25) is 5.28 Å². The van der Waals surface area contributed by atoms with Gasteiger partial charge in [0.15, 0.2) is 0 Å². The predicted molar refractivity (Wildman–Crippen MR) is 73.0 cm³/mol. The van der Waals surface area contributed by atoms with Crippen molar-refractivity contribution < 1.29 is 9.53 Å². The Morgan fingerprint density at radius 3 is 2.74 bits per heavy atom. The topological polar surface area (TPSA) is 64.1 Å². The standard InChI is InChI=1S/C12H9Cl2N3O2/c1-19-8-4-2-3-7(5-8)11(18)16-10-6-9(13)15-12(14)17-10/h2-6H,1H3,(H,15,16,17,18). The molecule has 1 amide bonds. The van der Waals surface area contributed by atoms with Crippen LogP contribution in [0, 0.1) is 0 Å². The van der Waals surface area contributed by atoms with Crippen molar-refractivity contribution in [2.45, 2.75) is 0 Å². The summed E-state index contributed by atoms with van der Waals surface area (Å²) in [7, 11) is 1.53. The Kier molecular flexibility index (Phi) is 4.19. The van der Waals surface area contributed by atoms with E-state index in [0.29, 0.717) is 11.3 Å². The molecule has 7 heteroatoms. The second-order valence-electron chi connectivity index (χ2n) is 3.53. The minimum atomic E-state index is -0.343. The first-order chi connectivity index (χ1) is 9.08. The average Bonchev–Trinajstić information content (AvgIpc) is 2.37. The normalized spacial score (nSPS) is 10.1. The summed E-state index contributed by atoms with van der Waals surface area (Å²) in [5, 5.41) is 2.70. The Morgan fingerprint density at radius 1 is 1.26 bits per heavy atom. The number of hydrogen-bond donors (Lipinski definition) is 1. The third-order valence-electron chi connectivity index (χ3n) is 2.24. The summed E-state index contributed by atoms with van der Waals surface area (Å²) >= 11 is 11.4. The fourth-order valence-electron chi connectivity index (χ4n) is 1.41. The van der Waals surface area contributed by atoms with Gasteiger partial charge in [0, 0.05) is 11.6 Å². The Bertz CT molecular complexity index is 599. The van der Waals surface area contributed by atoms with Crippen molar-refractivity contribution in [3.8, 4) is 5.75 Å². The lowest BCUT2D eigenvalue weighted by Gasteiger charge is -2.06. The van der Waals surface area contributed by atoms with Gasteiger partial charge in [-0.1, -0.05) is 17.7 Å². The molecule has 0 bridgehead atoms. The summed E-state index contributed by atoms with van der Waals surface area (Å²) < 4.78 is 5.05. The smallest absolute Gasteiger partial charge is 0.256 e. The molecule has 0 saturated heterocycles. The largest absolute Gasteiger partial charge is 0.497 e. The Morgan fingerprint density at radius 2 is 2.05 bits per heavy atom. The number of ether oxygens (including phenoxy) is 1. The maximum absolute atomic E-state index is 12.0. The number of halogens is 2. The highest BCUT2D eigenvalue weighted by atomic mass is 35.5. The summed E-state index contributed by atoms with van der Waals surface area (Å²) in [4.78, 5) is 19.5. The number of rotatable bonds is 3. The highest BCUT2D eigenvalue weighted by Gasteiger charge is 2.09. The fraction of sp³-hybridized carbons (Fsp3) is 0.0833. The molecule has 0 unspecified atom stereocenters. The van der Waals surface area contributed by atoms with E-state index in [4.69, 9.17) is 27.9 Å². The molecule has 1 N–H and O–H groups in total. The predicted octanol–water partition coefficient (Wildman–Crippen LogP) is 3.04. The van der Waals surface area contributed by atoms with E-state index in [1.54, 1.807) is 24.3 Å². The molecule has 1 aromatic heterocycles. The number of nitrogens with one attached hydrogen (secondary N) is 1. The molecular formula is C12H9Cl2N3O2. The van der Waals surface area contributed by atoms with Crippen LogP contribution in [0.15, 0.2) is 30.3 Å². The summed E-state index contributed by atoms with van der Waals surface area (Å²) in [6.07, 6.45) is 0. The molecule has 0 spiro atoms. The third-order valence-corrected chi connectivity index (χ3v) is 2.60. The van der Waals surface area contributed by atoms with Crippen LogP contribution in [0.4, 0.5) is 5.82 Å². The van der Waals surface area contributed by atoms with E-state index >= 15 is 0 Å². The number of anilines is 1. The van der Waals surface area contributed by atoms with E-state index in [-0.39, 0.29) is 22.2 Å². The van der Waals surface area contributed by atoms with Gasteiger partial charge in [-0.2, -0.15) is 0 Å². The number of amides is 1. The Hall–Kier alpha value is -1.85. The molecule has 0 aliphatic heterocycles. The molecule has 0 saturated carbocycles. The van der Waals surface area contributed by atoms with Crippen LogP contribution in [-0.4, -0.2) is 23.0 Å². The number of carbonyl (C=O) groups excluding carboxylic acids is 1. The van der Waals surface area contributed by atoms with Crippen LogP contribution in [0.1, 0.15) is 10.4 Å². The van der Waals surface area contributed by atoms with Crippen LogP contribution in [0.5, 0.6) is 5.75 Å². The lowest BCUT2D eigenvalue weighted by atomic mass is 10.2. The van der Waals surface area contributed by atoms with Crippen LogP contribution in [0.25, 0.3) is 0 Å². The van der Waals surface area contributed by atoms with Crippen molar-refractivity contribution >= 4 is 34.9 Å². The van der Waals surface area contributed by atoms with Crippen molar-refractivity contribution in [2.24, 2.45) is 0 Å². The van der Waals surface area contributed by atoms with Gasteiger partial charge in [0.25, 0.3) is 5.91 Å². The molecule has 0 fully saturated rings. The molecule has 0 atom stereocenters. The first-order valence-corrected chi connectivity index (χ1v) is 5.99. The molecule has 19 heavy (non-hydrogen) atoms. The van der Waals surface area contributed by atoms with Crippen molar-refractivity contribution in [2.75, 3.05) is 12.4 Å². The molecule has 1 aromatic carbocycles. The molecule has 2 rings (SSSR count). The molecular weight excluding hydrogens is 289 g/mol. The number of nitrogens with zero attached hydrogens (tertiary/aromatic N) is 2. The molecule has 0 aliphatic carbocycles. The summed E-state index contributed by atoms with van der Waals surface area (Å²) in [6, 6.07) is 8.14. The second-order valence-corrected chi connectivity index (χ2v) is 4.26. The maximum atomic E-state index is 12.0. The van der Waals surface area contributed by atoms with E-state index < -0.39 is 0 Å². The molecule has 0 radical (unpaired) electrons. The molecule has 2 aromatic rings. The monoisotopic (exact) mass is 297 g/mol. The van der Waals surface area contributed by atoms with Gasteiger partial charge >= 0.3 is 0 Å². The van der Waals surface area contributed by atoms with E-state index in [9.17, 15) is 4.79 Å². The second kappa shape index (κ2) is 5.86. The van der Waals surface area contributed by atoms with Gasteiger partial charge in [-0.05, 0) is 29.8 Å². The summed E-state index contributed by atoms with van der Waals surface area (Å²) in [6.45, 7) is 0. The van der Waals surface area contributed by atoms with Crippen molar-refractivity contribution in [3.05, 3.63) is 46.3 Å². The maximum Gasteiger partial charge on any atom is 0.256 e. The zero-order valence-corrected chi connectivity index (χ0v) is 11.4. The van der Waals surface area contributed by atoms with Crippen molar-refractivity contribution in [1.82, 2.24) is 9.97 Å².